The predicted octanol–water partition coefficient (Wildman–Crippen LogP) is 2.51. The number of methoxy groups -OCH3 is 1. The maximum Gasteiger partial charge on any atom is 0.333 e. The number of hydrogen-bond acceptors (Lipinski definition) is 4. The monoisotopic (exact) mass is 361 g/mol. The topological polar surface area (TPSA) is 84.1 Å². The summed E-state index contributed by atoms with van der Waals surface area (Å²) in [4.78, 5) is 32.5. The third-order valence-corrected chi connectivity index (χ3v) is 4.71. The van der Waals surface area contributed by atoms with E-state index in [0.29, 0.717) is 23.4 Å². The Bertz CT molecular complexity index is 785. The van der Waals surface area contributed by atoms with E-state index >= 15 is 0 Å². The van der Waals surface area contributed by atoms with Crippen LogP contribution in [-0.2, 0) is 27.2 Å². The average molecular weight is 362 g/mol. The maximum atomic E-state index is 12.7. The molecule has 1 heterocycles. The standard InChI is InChI=1S/C18H20ClN3O3/c1-10-20-14-8-5-12(9-15(14)21-10)17(23)22-16(18(24)25-2)11-3-6-13(19)7-4-11/h3-4,6-7,12,16H,5,8-9H2,1-2H3,(H,20,21)(H,22,23). The molecule has 0 saturated carbocycles. The van der Waals surface area contributed by atoms with Crippen LogP contribution >= 0.6 is 11.6 Å². The lowest BCUT2D eigenvalue weighted by Crippen LogP contribution is -2.40. The van der Waals surface area contributed by atoms with Crippen LogP contribution < -0.4 is 5.32 Å². The summed E-state index contributed by atoms with van der Waals surface area (Å²) < 4.78 is 4.84. The van der Waals surface area contributed by atoms with E-state index in [0.717, 1.165) is 23.6 Å². The minimum Gasteiger partial charge on any atom is -0.467 e. The zero-order valence-corrected chi connectivity index (χ0v) is 14.9. The van der Waals surface area contributed by atoms with Crippen molar-refractivity contribution in [3.63, 3.8) is 0 Å². The Morgan fingerprint density at radius 3 is 2.76 bits per heavy atom. The first-order chi connectivity index (χ1) is 12.0. The van der Waals surface area contributed by atoms with Gasteiger partial charge in [-0.15, -0.1) is 0 Å². The highest BCUT2D eigenvalue weighted by Crippen LogP contribution is 2.25. The highest BCUT2D eigenvalue weighted by molar-refractivity contribution is 6.30. The molecule has 0 saturated heterocycles. The Hall–Kier alpha value is -2.34. The molecular weight excluding hydrogens is 342 g/mol. The summed E-state index contributed by atoms with van der Waals surface area (Å²) in [5.74, 6) is -0.0146. The molecule has 132 valence electrons. The number of nitrogens with one attached hydrogen (secondary N) is 2. The van der Waals surface area contributed by atoms with Gasteiger partial charge in [-0.3, -0.25) is 4.79 Å². The lowest BCUT2D eigenvalue weighted by Gasteiger charge is -2.24. The minimum atomic E-state index is -0.848. The van der Waals surface area contributed by atoms with Gasteiger partial charge in [-0.05, 0) is 37.5 Å². The van der Waals surface area contributed by atoms with Crippen LogP contribution in [0.2, 0.25) is 5.02 Å². The van der Waals surface area contributed by atoms with Crippen LogP contribution in [0.1, 0.15) is 35.2 Å². The number of halogens is 1. The number of H-pyrrole nitrogens is 1. The molecule has 3 rings (SSSR count). The summed E-state index contributed by atoms with van der Waals surface area (Å²) in [6.07, 6.45) is 2.05. The fourth-order valence-electron chi connectivity index (χ4n) is 3.16. The predicted molar refractivity (Wildman–Crippen MR) is 93.2 cm³/mol. The molecule has 0 radical (unpaired) electrons. The highest BCUT2D eigenvalue weighted by atomic mass is 35.5. The number of rotatable bonds is 4. The molecule has 1 aliphatic rings. The van der Waals surface area contributed by atoms with Gasteiger partial charge in [0.1, 0.15) is 5.82 Å². The van der Waals surface area contributed by atoms with Gasteiger partial charge in [0.05, 0.1) is 12.8 Å². The number of carbonyl (C=O) groups excluding carboxylic acids is 2. The zero-order chi connectivity index (χ0) is 18.0. The Labute approximate surface area is 150 Å². The third-order valence-electron chi connectivity index (χ3n) is 4.46. The zero-order valence-electron chi connectivity index (χ0n) is 14.1. The molecule has 1 amide bonds. The molecule has 7 heteroatoms. The van der Waals surface area contributed by atoms with E-state index in [-0.39, 0.29) is 11.8 Å². The van der Waals surface area contributed by atoms with Crippen LogP contribution in [0.25, 0.3) is 0 Å². The van der Waals surface area contributed by atoms with Crippen molar-refractivity contribution in [2.75, 3.05) is 7.11 Å². The molecule has 25 heavy (non-hydrogen) atoms. The Morgan fingerprint density at radius 1 is 1.36 bits per heavy atom. The van der Waals surface area contributed by atoms with Crippen LogP contribution in [0, 0.1) is 12.8 Å². The molecule has 0 aliphatic heterocycles. The number of benzene rings is 1. The molecule has 1 aromatic heterocycles. The van der Waals surface area contributed by atoms with E-state index in [1.165, 1.54) is 7.11 Å². The number of aryl methyl sites for hydroxylation is 2. The van der Waals surface area contributed by atoms with Crippen molar-refractivity contribution < 1.29 is 14.3 Å². The van der Waals surface area contributed by atoms with Gasteiger partial charge in [-0.25, -0.2) is 9.78 Å². The van der Waals surface area contributed by atoms with Gasteiger partial charge in [0.2, 0.25) is 5.91 Å². The summed E-state index contributed by atoms with van der Waals surface area (Å²) in [6, 6.07) is 5.93. The number of aromatic amines is 1. The maximum absolute atomic E-state index is 12.7. The SMILES string of the molecule is COC(=O)C(NC(=O)C1CCc2nc(C)[nH]c2C1)c1ccc(Cl)cc1. The number of carbonyl (C=O) groups is 2. The van der Waals surface area contributed by atoms with Gasteiger partial charge in [0.25, 0.3) is 0 Å². The van der Waals surface area contributed by atoms with Gasteiger partial charge < -0.3 is 15.0 Å². The van der Waals surface area contributed by atoms with Gasteiger partial charge in [0.15, 0.2) is 6.04 Å². The fraction of sp³-hybridized carbons (Fsp3) is 0.389. The quantitative estimate of drug-likeness (QED) is 0.819. The number of imidazole rings is 1. The first kappa shape index (κ1) is 17.5. The van der Waals surface area contributed by atoms with E-state index in [4.69, 9.17) is 16.3 Å². The van der Waals surface area contributed by atoms with Crippen molar-refractivity contribution in [2.45, 2.75) is 32.2 Å². The first-order valence-corrected chi connectivity index (χ1v) is 8.53. The molecule has 1 aliphatic carbocycles. The van der Waals surface area contributed by atoms with E-state index in [2.05, 4.69) is 15.3 Å². The molecule has 2 N–H and O–H groups in total. The molecule has 2 aromatic rings. The summed E-state index contributed by atoms with van der Waals surface area (Å²) in [7, 11) is 1.30. The molecule has 0 fully saturated rings. The van der Waals surface area contributed by atoms with E-state index < -0.39 is 12.0 Å². The van der Waals surface area contributed by atoms with Gasteiger partial charge in [0, 0.05) is 23.1 Å². The Kier molecular flexibility index (Phi) is 5.08. The number of ether oxygens (including phenoxy) is 1. The van der Waals surface area contributed by atoms with Crippen LogP contribution in [0.15, 0.2) is 24.3 Å². The molecule has 1 aromatic carbocycles. The second kappa shape index (κ2) is 7.27. The molecule has 2 atom stereocenters. The number of hydrogen-bond donors (Lipinski definition) is 2. The van der Waals surface area contributed by atoms with Gasteiger partial charge in [-0.1, -0.05) is 23.7 Å². The molecule has 0 spiro atoms. The molecule has 0 bridgehead atoms. The molecular formula is C18H20ClN3O3. The smallest absolute Gasteiger partial charge is 0.333 e. The fourth-order valence-corrected chi connectivity index (χ4v) is 3.28. The van der Waals surface area contributed by atoms with E-state index in [9.17, 15) is 9.59 Å². The Balaban J connectivity index is 1.74. The van der Waals surface area contributed by atoms with Crippen LogP contribution in [-0.4, -0.2) is 29.0 Å². The van der Waals surface area contributed by atoms with E-state index in [1.54, 1.807) is 24.3 Å². The molecule has 6 nitrogen and oxygen atoms in total. The largest absolute Gasteiger partial charge is 0.467 e. The number of aromatic nitrogens is 2. The first-order valence-electron chi connectivity index (χ1n) is 8.16. The van der Waals surface area contributed by atoms with Crippen molar-refractivity contribution in [1.82, 2.24) is 15.3 Å². The lowest BCUT2D eigenvalue weighted by atomic mass is 9.89. The number of amides is 1. The van der Waals surface area contributed by atoms with Gasteiger partial charge in [-0.2, -0.15) is 0 Å². The Morgan fingerprint density at radius 2 is 2.08 bits per heavy atom. The van der Waals surface area contributed by atoms with Crippen molar-refractivity contribution in [2.24, 2.45) is 5.92 Å². The second-order valence-electron chi connectivity index (χ2n) is 6.20. The highest BCUT2D eigenvalue weighted by Gasteiger charge is 2.31. The summed E-state index contributed by atoms with van der Waals surface area (Å²) >= 11 is 5.89. The summed E-state index contributed by atoms with van der Waals surface area (Å²) in [5.41, 5.74) is 2.67. The van der Waals surface area contributed by atoms with Crippen LogP contribution in [0.3, 0.4) is 0 Å². The summed E-state index contributed by atoms with van der Waals surface area (Å²) in [5, 5.41) is 3.38. The van der Waals surface area contributed by atoms with Crippen molar-refractivity contribution in [3.05, 3.63) is 52.1 Å². The van der Waals surface area contributed by atoms with E-state index in [1.807, 2.05) is 6.92 Å². The van der Waals surface area contributed by atoms with Crippen LogP contribution in [0.5, 0.6) is 0 Å². The number of esters is 1. The third kappa shape index (κ3) is 3.85. The van der Waals surface area contributed by atoms with Crippen molar-refractivity contribution >= 4 is 23.5 Å². The van der Waals surface area contributed by atoms with Crippen molar-refractivity contribution in [3.8, 4) is 0 Å². The number of nitrogens with zero attached hydrogens (tertiary/aromatic N) is 1. The number of fused-ring (bicyclic) bond motifs is 1. The average Bonchev–Trinajstić information content (AvgIpc) is 2.98. The molecule has 2 unspecified atom stereocenters. The second-order valence-corrected chi connectivity index (χ2v) is 6.64. The normalized spacial score (nSPS) is 17.5. The lowest BCUT2D eigenvalue weighted by molar-refractivity contribution is -0.145. The van der Waals surface area contributed by atoms with Crippen molar-refractivity contribution in [1.29, 1.82) is 0 Å². The summed E-state index contributed by atoms with van der Waals surface area (Å²) in [6.45, 7) is 1.90. The van der Waals surface area contributed by atoms with Gasteiger partial charge >= 0.3 is 5.97 Å². The minimum absolute atomic E-state index is 0.164. The van der Waals surface area contributed by atoms with Crippen LogP contribution in [0.4, 0.5) is 0 Å².